The summed E-state index contributed by atoms with van der Waals surface area (Å²) in [7, 11) is -4.78. The number of phosphoric acid groups is 1. The van der Waals surface area contributed by atoms with Gasteiger partial charge in [0.05, 0.1) is 13.2 Å². The average Bonchev–Trinajstić information content (AvgIpc) is 3.31. The number of aliphatic hydroxyl groups excluding tert-OH is 1. The Hall–Kier alpha value is -3.08. The van der Waals surface area contributed by atoms with Crippen LogP contribution in [-0.4, -0.2) is 64.9 Å². The van der Waals surface area contributed by atoms with Gasteiger partial charge in [-0.15, -0.1) is 0 Å². The van der Waals surface area contributed by atoms with E-state index in [2.05, 4.69) is 92.1 Å². The van der Waals surface area contributed by atoms with Crippen LogP contribution >= 0.6 is 7.82 Å². The number of amides is 1. The molecule has 0 saturated heterocycles. The number of hydrogen-bond donors (Lipinski definition) is 4. The lowest BCUT2D eigenvalue weighted by molar-refractivity contribution is -0.147. The predicted octanol–water partition coefficient (Wildman–Crippen LogP) is 14.8. The molecule has 11 nitrogen and oxygen atoms in total. The normalized spacial score (nSPS) is 14.1. The van der Waals surface area contributed by atoms with Gasteiger partial charge in [0.15, 0.2) is 6.04 Å². The number of rotatable bonds is 49. The summed E-state index contributed by atoms with van der Waals surface area (Å²) in [6.45, 7) is 2.48. The van der Waals surface area contributed by atoms with Gasteiger partial charge in [-0.05, 0) is 64.2 Å². The van der Waals surface area contributed by atoms with Gasteiger partial charge >= 0.3 is 19.8 Å². The SMILES string of the molecule is CC/C=C\C/C=C\C/C=C\C/C=C\C/C=C\C/C=C\CCCCC(=O)NC(COP(=O)(O)OCC(O)COC(=O)CCCCCCCCCCCCCCCCCCCCCCCC)C(=O)O. The van der Waals surface area contributed by atoms with Gasteiger partial charge in [-0.1, -0.05) is 222 Å². The Morgan fingerprint density at radius 3 is 1.28 bits per heavy atom. The van der Waals surface area contributed by atoms with Gasteiger partial charge in [-0.25, -0.2) is 9.36 Å². The number of aliphatic carboxylic acids is 1. The van der Waals surface area contributed by atoms with E-state index in [1.807, 2.05) is 0 Å². The molecule has 0 aromatic rings. The standard InChI is InChI=1S/C55H96NO10P/c1-3-5-7-9-11-13-15-17-19-21-23-25-27-29-31-33-35-37-39-41-43-45-47-54(59)64-48-51(57)49-65-67(62,63)66-50-52(55(60)61)56-53(58)46-44-42-40-38-36-34-32-30-28-26-24-22-20-18-16-14-12-10-8-6-4-2/h6,8,12,14,18,20,24,26,30,32,36,38,51-52,57H,3-5,7,9-11,13,15-17,19,21-23,25,27-29,31,33-35,37,39-50H2,1-2H3,(H,56,58)(H,60,61)(H,62,63)/b8-6-,14-12-,20-18-,26-24-,32-30-,38-36-. The van der Waals surface area contributed by atoms with Crippen LogP contribution in [0, 0.1) is 0 Å². The summed E-state index contributed by atoms with van der Waals surface area (Å²) >= 11 is 0. The molecule has 0 aromatic heterocycles. The van der Waals surface area contributed by atoms with Crippen molar-refractivity contribution in [3.05, 3.63) is 72.9 Å². The quantitative estimate of drug-likeness (QED) is 0.0199. The van der Waals surface area contributed by atoms with Crippen molar-refractivity contribution < 1.29 is 47.8 Å². The first kappa shape index (κ1) is 63.9. The lowest BCUT2D eigenvalue weighted by Gasteiger charge is -2.18. The average molecular weight is 962 g/mol. The van der Waals surface area contributed by atoms with Crippen LogP contribution in [0.2, 0.25) is 0 Å². The van der Waals surface area contributed by atoms with Crippen LogP contribution in [0.25, 0.3) is 0 Å². The van der Waals surface area contributed by atoms with E-state index in [4.69, 9.17) is 13.8 Å². The Morgan fingerprint density at radius 1 is 0.493 bits per heavy atom. The maximum absolute atomic E-state index is 12.4. The lowest BCUT2D eigenvalue weighted by Crippen LogP contribution is -2.43. The van der Waals surface area contributed by atoms with Crippen LogP contribution < -0.4 is 5.32 Å². The maximum atomic E-state index is 12.4. The first-order valence-corrected chi connectivity index (χ1v) is 28.0. The number of carboxylic acids is 1. The van der Waals surface area contributed by atoms with Crippen molar-refractivity contribution in [1.82, 2.24) is 5.32 Å². The van der Waals surface area contributed by atoms with Crippen LogP contribution in [0.1, 0.15) is 226 Å². The second-order valence-corrected chi connectivity index (χ2v) is 19.1. The van der Waals surface area contributed by atoms with Crippen molar-refractivity contribution >= 4 is 25.7 Å². The minimum absolute atomic E-state index is 0.0875. The smallest absolute Gasteiger partial charge is 0.472 e. The summed E-state index contributed by atoms with van der Waals surface area (Å²) in [5.41, 5.74) is 0. The molecule has 0 heterocycles. The van der Waals surface area contributed by atoms with Crippen molar-refractivity contribution in [3.8, 4) is 0 Å². The van der Waals surface area contributed by atoms with Gasteiger partial charge in [0.25, 0.3) is 0 Å². The highest BCUT2D eigenvalue weighted by molar-refractivity contribution is 7.47. The van der Waals surface area contributed by atoms with Gasteiger partial charge in [0.1, 0.15) is 12.7 Å². The molecule has 0 saturated carbocycles. The van der Waals surface area contributed by atoms with E-state index >= 15 is 0 Å². The van der Waals surface area contributed by atoms with Crippen LogP contribution in [0.15, 0.2) is 72.9 Å². The van der Waals surface area contributed by atoms with Gasteiger partial charge in [-0.2, -0.15) is 0 Å². The molecule has 0 aliphatic heterocycles. The van der Waals surface area contributed by atoms with E-state index in [0.717, 1.165) is 70.6 Å². The molecule has 0 aliphatic carbocycles. The third-order valence-electron chi connectivity index (χ3n) is 11.3. The minimum atomic E-state index is -4.78. The number of carbonyl (C=O) groups is 3. The molecule has 0 aromatic carbocycles. The van der Waals surface area contributed by atoms with Crippen LogP contribution in [0.3, 0.4) is 0 Å². The molecule has 1 amide bonds. The number of ether oxygens (including phenoxy) is 1. The van der Waals surface area contributed by atoms with Crippen molar-refractivity contribution in [1.29, 1.82) is 0 Å². The molecule has 3 unspecified atom stereocenters. The monoisotopic (exact) mass is 962 g/mol. The van der Waals surface area contributed by atoms with Crippen molar-refractivity contribution in [2.24, 2.45) is 0 Å². The van der Waals surface area contributed by atoms with E-state index in [1.54, 1.807) is 0 Å². The fraction of sp³-hybridized carbons (Fsp3) is 0.727. The first-order chi connectivity index (χ1) is 32.6. The molecule has 4 N–H and O–H groups in total. The lowest BCUT2D eigenvalue weighted by atomic mass is 10.0. The number of hydrogen-bond acceptors (Lipinski definition) is 8. The highest BCUT2D eigenvalue weighted by Crippen LogP contribution is 2.43. The third-order valence-corrected chi connectivity index (χ3v) is 12.2. The zero-order valence-corrected chi connectivity index (χ0v) is 43.1. The molecule has 0 radical (unpaired) electrons. The molecular formula is C55H96NO10P. The summed E-state index contributed by atoms with van der Waals surface area (Å²) in [6, 6.07) is -1.57. The number of nitrogens with one attached hydrogen (secondary N) is 1. The number of carbonyl (C=O) groups excluding carboxylic acids is 2. The summed E-state index contributed by atoms with van der Waals surface area (Å²) in [5, 5.41) is 21.9. The van der Waals surface area contributed by atoms with Gasteiger partial charge in [0, 0.05) is 12.8 Å². The number of esters is 1. The topological polar surface area (TPSA) is 169 Å². The first-order valence-electron chi connectivity index (χ1n) is 26.5. The second-order valence-electron chi connectivity index (χ2n) is 17.7. The van der Waals surface area contributed by atoms with E-state index in [-0.39, 0.29) is 12.8 Å². The van der Waals surface area contributed by atoms with Gasteiger partial charge < -0.3 is 25.2 Å². The van der Waals surface area contributed by atoms with Crippen LogP contribution in [-0.2, 0) is 32.7 Å². The summed E-state index contributed by atoms with van der Waals surface area (Å²) in [5.74, 6) is -2.43. The molecule has 0 aliphatic rings. The Balaban J connectivity index is 3.87. The molecule has 0 rings (SSSR count). The number of aliphatic hydroxyl groups is 1. The highest BCUT2D eigenvalue weighted by Gasteiger charge is 2.28. The van der Waals surface area contributed by atoms with Crippen LogP contribution in [0.4, 0.5) is 0 Å². The molecule has 67 heavy (non-hydrogen) atoms. The third kappa shape index (κ3) is 49.2. The zero-order valence-electron chi connectivity index (χ0n) is 42.2. The number of unbranched alkanes of at least 4 members (excludes halogenated alkanes) is 23. The number of allylic oxidation sites excluding steroid dienone is 12. The molecular weight excluding hydrogens is 866 g/mol. The van der Waals surface area contributed by atoms with Gasteiger partial charge in [0.2, 0.25) is 5.91 Å². The van der Waals surface area contributed by atoms with Crippen molar-refractivity contribution in [2.45, 2.75) is 238 Å². The Bertz CT molecular complexity index is 1410. The number of carboxylic acid groups (broad SMARTS) is 1. The van der Waals surface area contributed by atoms with E-state index in [9.17, 15) is 34.1 Å². The fourth-order valence-corrected chi connectivity index (χ4v) is 7.97. The molecule has 0 bridgehead atoms. The fourth-order valence-electron chi connectivity index (χ4n) is 7.20. The summed E-state index contributed by atoms with van der Waals surface area (Å²) < 4.78 is 27.0. The molecule has 386 valence electrons. The Kier molecular flexibility index (Phi) is 47.1. The molecule has 12 heteroatoms. The maximum Gasteiger partial charge on any atom is 0.472 e. The summed E-state index contributed by atoms with van der Waals surface area (Å²) in [6.07, 6.45) is 60.8. The van der Waals surface area contributed by atoms with E-state index < -0.39 is 57.6 Å². The van der Waals surface area contributed by atoms with Gasteiger partial charge in [-0.3, -0.25) is 18.6 Å². The molecule has 0 spiro atoms. The zero-order chi connectivity index (χ0) is 49.2. The largest absolute Gasteiger partial charge is 0.480 e. The van der Waals surface area contributed by atoms with E-state index in [0.29, 0.717) is 12.8 Å². The molecule has 3 atom stereocenters. The van der Waals surface area contributed by atoms with Crippen molar-refractivity contribution in [2.75, 3.05) is 19.8 Å². The summed E-state index contributed by atoms with van der Waals surface area (Å²) in [4.78, 5) is 46.1. The Labute approximate surface area is 408 Å². The minimum Gasteiger partial charge on any atom is -0.480 e. The van der Waals surface area contributed by atoms with Crippen molar-refractivity contribution in [3.63, 3.8) is 0 Å². The van der Waals surface area contributed by atoms with E-state index in [1.165, 1.54) is 116 Å². The second kappa shape index (κ2) is 49.3. The predicted molar refractivity (Wildman–Crippen MR) is 277 cm³/mol. The number of phosphoric ester groups is 1. The van der Waals surface area contributed by atoms with Crippen LogP contribution in [0.5, 0.6) is 0 Å². The molecule has 0 fully saturated rings. The Morgan fingerprint density at radius 2 is 0.866 bits per heavy atom. The highest BCUT2D eigenvalue weighted by atomic mass is 31.2.